The highest BCUT2D eigenvalue weighted by atomic mass is 32.1. The van der Waals surface area contributed by atoms with Gasteiger partial charge in [0.15, 0.2) is 16.7 Å². The van der Waals surface area contributed by atoms with Gasteiger partial charge in [0, 0.05) is 30.0 Å². The molecule has 0 saturated heterocycles. The minimum atomic E-state index is -4.71. The van der Waals surface area contributed by atoms with E-state index in [0.717, 1.165) is 25.0 Å². The Bertz CT molecular complexity index is 1190. The summed E-state index contributed by atoms with van der Waals surface area (Å²) in [5.74, 6) is -0.495. The van der Waals surface area contributed by atoms with Crippen molar-refractivity contribution in [1.82, 2.24) is 0 Å². The fraction of sp³-hybridized carbons (Fsp3) is 0.462. The molecule has 2 aromatic rings. The van der Waals surface area contributed by atoms with Gasteiger partial charge in [-0.05, 0) is 75.2 Å². The fourth-order valence-electron chi connectivity index (χ4n) is 3.55. The van der Waals surface area contributed by atoms with E-state index >= 15 is 4.39 Å². The van der Waals surface area contributed by atoms with Crippen LogP contribution in [-0.4, -0.2) is 29.8 Å². The fourth-order valence-corrected chi connectivity index (χ4v) is 4.00. The molecule has 0 heterocycles. The van der Waals surface area contributed by atoms with E-state index in [9.17, 15) is 13.2 Å². The summed E-state index contributed by atoms with van der Waals surface area (Å²) >= 11 is 5.75. The summed E-state index contributed by atoms with van der Waals surface area (Å²) in [6.07, 6.45) is -3.05. The normalized spacial score (nSPS) is 14.8. The zero-order valence-electron chi connectivity index (χ0n) is 20.9. The molecule has 2 N–H and O–H groups in total. The molecule has 194 valence electrons. The molecule has 0 atom stereocenters. The molecule has 36 heavy (non-hydrogen) atoms. The lowest BCUT2D eigenvalue weighted by Crippen LogP contribution is -2.55. The first-order valence-corrected chi connectivity index (χ1v) is 11.9. The molecule has 0 aliphatic heterocycles. The van der Waals surface area contributed by atoms with E-state index in [1.165, 1.54) is 30.1 Å². The number of benzene rings is 2. The van der Waals surface area contributed by atoms with E-state index < -0.39 is 34.2 Å². The summed E-state index contributed by atoms with van der Waals surface area (Å²) in [6, 6.07) is 9.46. The molecule has 1 aliphatic rings. The lowest BCUT2D eigenvalue weighted by Gasteiger charge is -2.45. The summed E-state index contributed by atoms with van der Waals surface area (Å²) in [6.45, 7) is 8.01. The highest BCUT2D eigenvalue weighted by Crippen LogP contribution is 2.38. The zero-order valence-corrected chi connectivity index (χ0v) is 21.7. The average molecular weight is 523 g/mol. The van der Waals surface area contributed by atoms with Gasteiger partial charge in [-0.1, -0.05) is 13.8 Å². The molecule has 1 fully saturated rings. The van der Waals surface area contributed by atoms with Crippen LogP contribution >= 0.6 is 12.2 Å². The Morgan fingerprint density at radius 1 is 1.17 bits per heavy atom. The molecule has 10 heteroatoms. The van der Waals surface area contributed by atoms with Crippen molar-refractivity contribution in [3.8, 4) is 11.8 Å². The third-order valence-corrected chi connectivity index (χ3v) is 7.32. The van der Waals surface area contributed by atoms with Gasteiger partial charge in [-0.25, -0.2) is 4.39 Å². The van der Waals surface area contributed by atoms with Gasteiger partial charge in [-0.3, -0.25) is 0 Å². The highest BCUT2D eigenvalue weighted by molar-refractivity contribution is 7.80. The Balaban J connectivity index is 1.99. The van der Waals surface area contributed by atoms with Crippen LogP contribution in [0.4, 0.5) is 28.9 Å². The largest absolute Gasteiger partial charge is 0.489 e. The third kappa shape index (κ3) is 5.73. The lowest BCUT2D eigenvalue weighted by molar-refractivity contribution is -0.137. The summed E-state index contributed by atoms with van der Waals surface area (Å²) in [5, 5.41) is 9.27. The molecule has 1 saturated carbocycles. The van der Waals surface area contributed by atoms with Crippen molar-refractivity contribution in [2.45, 2.75) is 57.8 Å². The number of nitrogens with two attached hydrogens (primary N) is 1. The number of hydrogen-bond acceptors (Lipinski definition) is 4. The van der Waals surface area contributed by atoms with E-state index in [1.54, 1.807) is 17.0 Å². The van der Waals surface area contributed by atoms with Crippen LogP contribution in [-0.2, 0) is 6.18 Å². The van der Waals surface area contributed by atoms with E-state index in [2.05, 4.69) is 0 Å². The molecule has 3 rings (SSSR count). The number of alkyl halides is 3. The van der Waals surface area contributed by atoms with Crippen molar-refractivity contribution in [1.29, 1.82) is 5.26 Å². The minimum absolute atomic E-state index is 0.0292. The average Bonchev–Trinajstić information content (AvgIpc) is 3.54. The van der Waals surface area contributed by atoms with Crippen LogP contribution in [0.25, 0.3) is 0 Å². The number of hydrogen-bond donors (Lipinski definition) is 1. The maximum absolute atomic E-state index is 15.0. The minimum Gasteiger partial charge on any atom is -0.489 e. The van der Waals surface area contributed by atoms with Gasteiger partial charge in [-0.15, -0.1) is 0 Å². The number of halogens is 4. The van der Waals surface area contributed by atoms with Gasteiger partial charge in [0.1, 0.15) is 6.61 Å². The first kappa shape index (κ1) is 27.7. The molecule has 0 bridgehead atoms. The molecule has 0 aromatic heterocycles. The van der Waals surface area contributed by atoms with Crippen molar-refractivity contribution in [2.24, 2.45) is 11.7 Å². The SMILES string of the molecule is CC(C)C(C)(C)N(C(=S)N(C)c1ccc(C#N)c(C(F)(F)F)c1)c1ccc(OCC2(N)CC2)c(F)c1. The second-order valence-corrected chi connectivity index (χ2v) is 10.5. The second-order valence-electron chi connectivity index (χ2n) is 10.1. The van der Waals surface area contributed by atoms with Gasteiger partial charge in [-0.2, -0.15) is 18.4 Å². The van der Waals surface area contributed by atoms with E-state index in [4.69, 9.17) is 28.0 Å². The summed E-state index contributed by atoms with van der Waals surface area (Å²) < 4.78 is 61.3. The molecule has 0 radical (unpaired) electrons. The highest BCUT2D eigenvalue weighted by Gasteiger charge is 2.40. The zero-order chi connectivity index (χ0) is 27.1. The van der Waals surface area contributed by atoms with Gasteiger partial charge in [0.05, 0.1) is 22.7 Å². The van der Waals surface area contributed by atoms with Gasteiger partial charge in [0.25, 0.3) is 0 Å². The van der Waals surface area contributed by atoms with E-state index in [1.807, 2.05) is 27.7 Å². The Morgan fingerprint density at radius 2 is 1.78 bits per heavy atom. The number of thiocarbonyl (C=S) groups is 1. The molecule has 0 spiro atoms. The van der Waals surface area contributed by atoms with Gasteiger partial charge in [0.2, 0.25) is 0 Å². The van der Waals surface area contributed by atoms with E-state index in [-0.39, 0.29) is 29.1 Å². The standard InChI is InChI=1S/C26H30F4N4OS/c1-16(2)24(3,4)34(19-8-9-22(21(27)13-19)35-15-25(32)10-11-25)23(36)33(5)18-7-6-17(14-31)20(12-18)26(28,29)30/h6-9,12-13,16H,10-11,15,32H2,1-5H3. The molecule has 1 aliphatic carbocycles. The molecular weight excluding hydrogens is 492 g/mol. The molecule has 5 nitrogen and oxygen atoms in total. The van der Waals surface area contributed by atoms with Crippen molar-refractivity contribution in [3.05, 3.63) is 53.3 Å². The van der Waals surface area contributed by atoms with Crippen molar-refractivity contribution < 1.29 is 22.3 Å². The van der Waals surface area contributed by atoms with Crippen molar-refractivity contribution in [2.75, 3.05) is 23.5 Å². The number of nitrogens with zero attached hydrogens (tertiary/aromatic N) is 3. The number of ether oxygens (including phenoxy) is 1. The van der Waals surface area contributed by atoms with Gasteiger partial charge < -0.3 is 20.3 Å². The van der Waals surface area contributed by atoms with Crippen LogP contribution < -0.4 is 20.3 Å². The summed E-state index contributed by atoms with van der Waals surface area (Å²) in [5.41, 5.74) is 4.03. The second kappa shape index (κ2) is 9.87. The Hall–Kier alpha value is -2.90. The van der Waals surface area contributed by atoms with Gasteiger partial charge >= 0.3 is 6.18 Å². The van der Waals surface area contributed by atoms with Crippen LogP contribution in [0.1, 0.15) is 51.7 Å². The topological polar surface area (TPSA) is 65.5 Å². The number of nitriles is 1. The number of anilines is 2. The van der Waals surface area contributed by atoms with Crippen molar-refractivity contribution >= 4 is 28.7 Å². The van der Waals surface area contributed by atoms with Crippen LogP contribution in [0.3, 0.4) is 0 Å². The molecule has 2 aromatic carbocycles. The smallest absolute Gasteiger partial charge is 0.417 e. The monoisotopic (exact) mass is 522 g/mol. The van der Waals surface area contributed by atoms with Crippen LogP contribution in [0.5, 0.6) is 5.75 Å². The Kier molecular flexibility index (Phi) is 7.59. The van der Waals surface area contributed by atoms with Crippen molar-refractivity contribution in [3.63, 3.8) is 0 Å². The van der Waals surface area contributed by atoms with Crippen LogP contribution in [0.15, 0.2) is 36.4 Å². The number of rotatable bonds is 7. The third-order valence-electron chi connectivity index (χ3n) is 6.86. The Labute approximate surface area is 214 Å². The van der Waals surface area contributed by atoms with E-state index in [0.29, 0.717) is 5.69 Å². The predicted octanol–water partition coefficient (Wildman–Crippen LogP) is 6.25. The molecule has 0 amide bonds. The van der Waals surface area contributed by atoms with Crippen LogP contribution in [0.2, 0.25) is 0 Å². The maximum atomic E-state index is 15.0. The van der Waals surface area contributed by atoms with Crippen LogP contribution in [0, 0.1) is 23.1 Å². The summed E-state index contributed by atoms with van der Waals surface area (Å²) in [4.78, 5) is 3.14. The lowest BCUT2D eigenvalue weighted by atomic mass is 9.88. The first-order chi connectivity index (χ1) is 16.6. The maximum Gasteiger partial charge on any atom is 0.417 e. The Morgan fingerprint density at radius 3 is 2.28 bits per heavy atom. The first-order valence-electron chi connectivity index (χ1n) is 11.5. The molecule has 0 unspecified atom stereocenters. The predicted molar refractivity (Wildman–Crippen MR) is 137 cm³/mol. The summed E-state index contributed by atoms with van der Waals surface area (Å²) in [7, 11) is 1.54. The quantitative estimate of drug-likeness (QED) is 0.343. The molecular formula is C26H30F4N4OS.